The van der Waals surface area contributed by atoms with E-state index in [1.807, 2.05) is 12.4 Å². The van der Waals surface area contributed by atoms with E-state index in [4.69, 9.17) is 5.73 Å². The summed E-state index contributed by atoms with van der Waals surface area (Å²) in [6, 6.07) is 8.62. The molecule has 20 heavy (non-hydrogen) atoms. The quantitative estimate of drug-likeness (QED) is 0.816. The Balaban J connectivity index is 2.02. The van der Waals surface area contributed by atoms with Crippen LogP contribution in [0.5, 0.6) is 0 Å². The van der Waals surface area contributed by atoms with Crippen LogP contribution in [0.2, 0.25) is 0 Å². The molecule has 3 N–H and O–H groups in total. The summed E-state index contributed by atoms with van der Waals surface area (Å²) in [5, 5.41) is 12.2. The number of allylic oxidation sites excluding steroid dienone is 1. The van der Waals surface area contributed by atoms with E-state index in [0.29, 0.717) is 11.4 Å². The number of nitrogens with two attached hydrogens (primary N) is 1. The van der Waals surface area contributed by atoms with Crippen LogP contribution in [0.4, 0.5) is 5.69 Å². The van der Waals surface area contributed by atoms with Crippen LogP contribution < -0.4 is 16.0 Å². The van der Waals surface area contributed by atoms with E-state index < -0.39 is 0 Å². The van der Waals surface area contributed by atoms with E-state index in [1.165, 1.54) is 11.1 Å². The Hall–Kier alpha value is -2.67. The Bertz CT molecular complexity index is 696. The Labute approximate surface area is 118 Å². The van der Waals surface area contributed by atoms with Crippen LogP contribution >= 0.6 is 0 Å². The highest BCUT2D eigenvalue weighted by atomic mass is 15.1. The highest BCUT2D eigenvalue weighted by Gasteiger charge is 2.26. The van der Waals surface area contributed by atoms with Crippen molar-refractivity contribution in [3.63, 3.8) is 0 Å². The van der Waals surface area contributed by atoms with Gasteiger partial charge in [0.25, 0.3) is 0 Å². The summed E-state index contributed by atoms with van der Waals surface area (Å²) < 4.78 is 0. The fraction of sp³-hybridized carbons (Fsp3) is 0.188. The Morgan fingerprint density at radius 3 is 2.60 bits per heavy atom. The predicted molar refractivity (Wildman–Crippen MR) is 79.4 cm³/mol. The van der Waals surface area contributed by atoms with Gasteiger partial charge < -0.3 is 16.0 Å². The number of aryl methyl sites for hydroxylation is 2. The Morgan fingerprint density at radius 1 is 1.25 bits per heavy atom. The maximum Gasteiger partial charge on any atom is 0.119 e. The zero-order valence-corrected chi connectivity index (χ0v) is 11.6. The topological polar surface area (TPSA) is 65.1 Å². The number of nitrogens with one attached hydrogen (secondary N) is 1. The largest absolute Gasteiger partial charge is 0.384 e. The fourth-order valence-corrected chi connectivity index (χ4v) is 2.69. The molecule has 0 aromatic heterocycles. The molecule has 2 heterocycles. The molecule has 0 saturated heterocycles. The van der Waals surface area contributed by atoms with Gasteiger partial charge in [-0.3, -0.25) is 0 Å². The van der Waals surface area contributed by atoms with E-state index in [-0.39, 0.29) is 0 Å². The van der Waals surface area contributed by atoms with Crippen molar-refractivity contribution in [3.8, 4) is 6.07 Å². The zero-order chi connectivity index (χ0) is 14.3. The van der Waals surface area contributed by atoms with Gasteiger partial charge in [-0.15, -0.1) is 0 Å². The monoisotopic (exact) mass is 264 g/mol. The first-order chi connectivity index (χ1) is 9.58. The molecule has 1 aromatic carbocycles. The summed E-state index contributed by atoms with van der Waals surface area (Å²) >= 11 is 0. The van der Waals surface area contributed by atoms with Crippen molar-refractivity contribution in [1.29, 1.82) is 5.26 Å². The van der Waals surface area contributed by atoms with Crippen LogP contribution in [0, 0.1) is 25.2 Å². The number of rotatable bonds is 1. The van der Waals surface area contributed by atoms with E-state index in [2.05, 4.69) is 48.3 Å². The molecule has 4 nitrogen and oxygen atoms in total. The lowest BCUT2D eigenvalue weighted by atomic mass is 10.0. The van der Waals surface area contributed by atoms with Crippen molar-refractivity contribution in [2.24, 2.45) is 5.73 Å². The standard InChI is InChI=1S/C16H16N4/c1-10-3-11(2)5-13(4-10)20-8-12-7-19-16(18)14(6-17)15(12)9-20/h3-5,7,9,19H,8,18H2,1-2H3. The highest BCUT2D eigenvalue weighted by molar-refractivity contribution is 5.68. The maximum absolute atomic E-state index is 9.24. The van der Waals surface area contributed by atoms with E-state index in [9.17, 15) is 5.26 Å². The van der Waals surface area contributed by atoms with Gasteiger partial charge in [0.1, 0.15) is 17.5 Å². The van der Waals surface area contributed by atoms with Gasteiger partial charge >= 0.3 is 0 Å². The second-order valence-corrected chi connectivity index (χ2v) is 5.23. The highest BCUT2D eigenvalue weighted by Crippen LogP contribution is 2.33. The molecule has 0 bridgehead atoms. The van der Waals surface area contributed by atoms with Crippen LogP contribution in [0.25, 0.3) is 0 Å². The van der Waals surface area contributed by atoms with Crippen molar-refractivity contribution < 1.29 is 0 Å². The number of fused-ring (bicyclic) bond motifs is 1. The molecule has 0 fully saturated rings. The first-order valence-electron chi connectivity index (χ1n) is 6.51. The van der Waals surface area contributed by atoms with Crippen LogP contribution in [-0.4, -0.2) is 6.54 Å². The van der Waals surface area contributed by atoms with Crippen molar-refractivity contribution >= 4 is 5.69 Å². The average Bonchev–Trinajstić information content (AvgIpc) is 2.81. The van der Waals surface area contributed by atoms with Gasteiger partial charge in [0.2, 0.25) is 0 Å². The molecule has 2 aliphatic heterocycles. The molecule has 100 valence electrons. The number of anilines is 1. The third-order valence-electron chi connectivity index (χ3n) is 3.56. The molecule has 0 atom stereocenters. The van der Waals surface area contributed by atoms with Crippen LogP contribution in [-0.2, 0) is 0 Å². The van der Waals surface area contributed by atoms with Gasteiger partial charge in [0, 0.05) is 30.2 Å². The lowest BCUT2D eigenvalue weighted by molar-refractivity contribution is 0.961. The molecule has 3 rings (SSSR count). The minimum atomic E-state index is 0.421. The van der Waals surface area contributed by atoms with E-state index in [0.717, 1.165) is 23.4 Å². The first-order valence-corrected chi connectivity index (χ1v) is 6.51. The molecule has 2 aliphatic rings. The number of nitriles is 1. The van der Waals surface area contributed by atoms with Gasteiger partial charge in [0.05, 0.1) is 0 Å². The van der Waals surface area contributed by atoms with Crippen LogP contribution in [0.15, 0.2) is 53.1 Å². The number of hydrogen-bond acceptors (Lipinski definition) is 4. The van der Waals surface area contributed by atoms with Gasteiger partial charge in [0.15, 0.2) is 0 Å². The SMILES string of the molecule is Cc1cc(C)cc(N2C=C3C(=CNC(N)=C3C#N)C2)c1. The molecule has 0 saturated carbocycles. The minimum absolute atomic E-state index is 0.421. The molecular formula is C16H16N4. The smallest absolute Gasteiger partial charge is 0.119 e. The summed E-state index contributed by atoms with van der Waals surface area (Å²) in [4.78, 5) is 2.15. The van der Waals surface area contributed by atoms with Crippen molar-refractivity contribution in [3.05, 3.63) is 64.3 Å². The molecule has 0 radical (unpaired) electrons. The normalized spacial score (nSPS) is 17.1. The van der Waals surface area contributed by atoms with E-state index >= 15 is 0 Å². The molecule has 1 aromatic rings. The van der Waals surface area contributed by atoms with Gasteiger partial charge in [-0.05, 0) is 42.7 Å². The lowest BCUT2D eigenvalue weighted by Crippen LogP contribution is -2.22. The summed E-state index contributed by atoms with van der Waals surface area (Å²) in [5.41, 5.74) is 12.0. The maximum atomic E-state index is 9.24. The average molecular weight is 264 g/mol. The van der Waals surface area contributed by atoms with Crippen molar-refractivity contribution in [1.82, 2.24) is 5.32 Å². The molecule has 0 spiro atoms. The third-order valence-corrected chi connectivity index (χ3v) is 3.56. The fourth-order valence-electron chi connectivity index (χ4n) is 2.69. The number of hydrogen-bond donors (Lipinski definition) is 2. The molecule has 0 amide bonds. The zero-order valence-electron chi connectivity index (χ0n) is 11.6. The number of benzene rings is 1. The summed E-state index contributed by atoms with van der Waals surface area (Å²) in [5.74, 6) is 0.421. The van der Waals surface area contributed by atoms with E-state index in [1.54, 1.807) is 0 Å². The number of dihydropyridines is 1. The molecule has 0 aliphatic carbocycles. The Kier molecular flexibility index (Phi) is 2.76. The second kappa shape index (κ2) is 4.46. The molecular weight excluding hydrogens is 248 g/mol. The summed E-state index contributed by atoms with van der Waals surface area (Å²) in [6.07, 6.45) is 3.89. The van der Waals surface area contributed by atoms with Gasteiger partial charge in [-0.1, -0.05) is 6.07 Å². The van der Waals surface area contributed by atoms with Crippen molar-refractivity contribution in [2.75, 3.05) is 11.4 Å². The molecule has 4 heteroatoms. The molecule has 0 unspecified atom stereocenters. The first kappa shape index (κ1) is 12.4. The Morgan fingerprint density at radius 2 is 1.95 bits per heavy atom. The minimum Gasteiger partial charge on any atom is -0.384 e. The predicted octanol–water partition coefficient (Wildman–Crippen LogP) is 2.19. The third kappa shape index (κ3) is 1.94. The van der Waals surface area contributed by atoms with Gasteiger partial charge in [-0.25, -0.2) is 0 Å². The van der Waals surface area contributed by atoms with Crippen LogP contribution in [0.3, 0.4) is 0 Å². The lowest BCUT2D eigenvalue weighted by Gasteiger charge is -2.17. The summed E-state index contributed by atoms with van der Waals surface area (Å²) in [6.45, 7) is 4.93. The van der Waals surface area contributed by atoms with Gasteiger partial charge in [-0.2, -0.15) is 5.26 Å². The van der Waals surface area contributed by atoms with Crippen molar-refractivity contribution in [2.45, 2.75) is 13.8 Å². The second-order valence-electron chi connectivity index (χ2n) is 5.23. The van der Waals surface area contributed by atoms with Crippen LogP contribution in [0.1, 0.15) is 11.1 Å². The summed E-state index contributed by atoms with van der Waals surface area (Å²) in [7, 11) is 0. The number of nitrogens with zero attached hydrogens (tertiary/aromatic N) is 2.